The van der Waals surface area contributed by atoms with E-state index in [9.17, 15) is 9.59 Å². The number of aromatic nitrogens is 2. The van der Waals surface area contributed by atoms with E-state index in [4.69, 9.17) is 4.74 Å². The molecule has 0 saturated carbocycles. The second-order valence-electron chi connectivity index (χ2n) is 7.08. The van der Waals surface area contributed by atoms with Gasteiger partial charge in [0.05, 0.1) is 18.6 Å². The van der Waals surface area contributed by atoms with Crippen LogP contribution in [0.15, 0.2) is 30.3 Å². The SMILES string of the molecule is COC[C@H](C)N1C[C@H](C(=O)Nc2nnc(CCCc3ccccc3)s2)CC1=O. The molecule has 0 spiro atoms. The van der Waals surface area contributed by atoms with E-state index in [1.807, 2.05) is 25.1 Å². The molecule has 2 heterocycles. The molecule has 7 nitrogen and oxygen atoms in total. The van der Waals surface area contributed by atoms with Crippen LogP contribution in [-0.4, -0.2) is 53.2 Å². The number of anilines is 1. The van der Waals surface area contributed by atoms with Gasteiger partial charge < -0.3 is 15.0 Å². The van der Waals surface area contributed by atoms with E-state index in [2.05, 4.69) is 27.6 Å². The van der Waals surface area contributed by atoms with Crippen molar-refractivity contribution in [3.63, 3.8) is 0 Å². The molecule has 150 valence electrons. The number of likely N-dealkylation sites (tertiary alicyclic amines) is 1. The number of nitrogens with one attached hydrogen (secondary N) is 1. The molecule has 1 N–H and O–H groups in total. The monoisotopic (exact) mass is 402 g/mol. The standard InChI is InChI=1S/C20H26N4O3S/c1-14(13-27-2)24-12-16(11-18(24)25)19(26)21-20-23-22-17(28-20)10-6-9-15-7-4-3-5-8-15/h3-5,7-8,14,16H,6,9-13H2,1-2H3,(H,21,23,26)/t14-,16+/m0/s1. The number of amides is 2. The van der Waals surface area contributed by atoms with Crippen molar-refractivity contribution in [3.8, 4) is 0 Å². The highest BCUT2D eigenvalue weighted by atomic mass is 32.1. The van der Waals surface area contributed by atoms with Gasteiger partial charge in [-0.2, -0.15) is 0 Å². The van der Waals surface area contributed by atoms with E-state index >= 15 is 0 Å². The van der Waals surface area contributed by atoms with Crippen LogP contribution in [0.25, 0.3) is 0 Å². The highest BCUT2D eigenvalue weighted by Gasteiger charge is 2.36. The van der Waals surface area contributed by atoms with Gasteiger partial charge in [0.1, 0.15) is 5.01 Å². The Morgan fingerprint density at radius 2 is 2.11 bits per heavy atom. The topological polar surface area (TPSA) is 84.4 Å². The van der Waals surface area contributed by atoms with Gasteiger partial charge in [0.25, 0.3) is 0 Å². The summed E-state index contributed by atoms with van der Waals surface area (Å²) in [5.41, 5.74) is 1.30. The van der Waals surface area contributed by atoms with Crippen molar-refractivity contribution in [1.29, 1.82) is 0 Å². The van der Waals surface area contributed by atoms with Crippen LogP contribution < -0.4 is 5.32 Å². The average Bonchev–Trinajstić information content (AvgIpc) is 3.29. The highest BCUT2D eigenvalue weighted by Crippen LogP contribution is 2.23. The third-order valence-corrected chi connectivity index (χ3v) is 5.76. The molecule has 8 heteroatoms. The second-order valence-corrected chi connectivity index (χ2v) is 8.14. The number of hydrogen-bond donors (Lipinski definition) is 1. The van der Waals surface area contributed by atoms with Crippen molar-refractivity contribution < 1.29 is 14.3 Å². The molecule has 1 aliphatic rings. The zero-order valence-electron chi connectivity index (χ0n) is 16.3. The summed E-state index contributed by atoms with van der Waals surface area (Å²) < 4.78 is 5.11. The van der Waals surface area contributed by atoms with Crippen LogP contribution in [0.1, 0.15) is 30.3 Å². The molecule has 2 aromatic rings. The fraction of sp³-hybridized carbons (Fsp3) is 0.500. The predicted octanol–water partition coefficient (Wildman–Crippen LogP) is 2.54. The van der Waals surface area contributed by atoms with Crippen LogP contribution in [0.4, 0.5) is 5.13 Å². The molecule has 0 radical (unpaired) electrons. The molecule has 1 aromatic heterocycles. The molecule has 0 bridgehead atoms. The van der Waals surface area contributed by atoms with Gasteiger partial charge in [-0.3, -0.25) is 9.59 Å². The number of hydrogen-bond acceptors (Lipinski definition) is 6. The maximum absolute atomic E-state index is 12.5. The summed E-state index contributed by atoms with van der Waals surface area (Å²) in [4.78, 5) is 26.4. The number of ether oxygens (including phenoxy) is 1. The van der Waals surface area contributed by atoms with Crippen molar-refractivity contribution in [2.24, 2.45) is 5.92 Å². The van der Waals surface area contributed by atoms with E-state index in [1.54, 1.807) is 12.0 Å². The molecule has 0 aliphatic carbocycles. The normalized spacial score (nSPS) is 17.7. The quantitative estimate of drug-likeness (QED) is 0.697. The van der Waals surface area contributed by atoms with E-state index in [0.717, 1.165) is 24.3 Å². The minimum Gasteiger partial charge on any atom is -0.383 e. The number of carbonyl (C=O) groups is 2. The third kappa shape index (κ3) is 5.36. The fourth-order valence-corrected chi connectivity index (χ4v) is 4.15. The van der Waals surface area contributed by atoms with Crippen LogP contribution >= 0.6 is 11.3 Å². The third-order valence-electron chi connectivity index (χ3n) is 4.87. The Balaban J connectivity index is 1.47. The zero-order valence-corrected chi connectivity index (χ0v) is 17.1. The molecular formula is C20H26N4O3S. The smallest absolute Gasteiger partial charge is 0.231 e. The lowest BCUT2D eigenvalue weighted by Gasteiger charge is -2.23. The molecule has 1 fully saturated rings. The number of aryl methyl sites for hydroxylation is 2. The number of methoxy groups -OCH3 is 1. The molecule has 0 unspecified atom stereocenters. The Morgan fingerprint density at radius 3 is 2.86 bits per heavy atom. The van der Waals surface area contributed by atoms with E-state index in [0.29, 0.717) is 18.3 Å². The van der Waals surface area contributed by atoms with Gasteiger partial charge in [0, 0.05) is 26.5 Å². The minimum absolute atomic E-state index is 0.0106. The highest BCUT2D eigenvalue weighted by molar-refractivity contribution is 7.15. The van der Waals surface area contributed by atoms with Gasteiger partial charge in [0.15, 0.2) is 0 Å². The maximum atomic E-state index is 12.5. The largest absolute Gasteiger partial charge is 0.383 e. The maximum Gasteiger partial charge on any atom is 0.231 e. The van der Waals surface area contributed by atoms with Crippen molar-refractivity contribution in [3.05, 3.63) is 40.9 Å². The van der Waals surface area contributed by atoms with E-state index in [-0.39, 0.29) is 30.2 Å². The minimum atomic E-state index is -0.364. The van der Waals surface area contributed by atoms with Crippen molar-refractivity contribution in [1.82, 2.24) is 15.1 Å². The van der Waals surface area contributed by atoms with Gasteiger partial charge in [0.2, 0.25) is 16.9 Å². The van der Waals surface area contributed by atoms with E-state index < -0.39 is 0 Å². The van der Waals surface area contributed by atoms with Crippen LogP contribution in [-0.2, 0) is 27.2 Å². The number of nitrogens with zero attached hydrogens (tertiary/aromatic N) is 3. The average molecular weight is 403 g/mol. The first kappa shape index (κ1) is 20.4. The van der Waals surface area contributed by atoms with Gasteiger partial charge in [-0.15, -0.1) is 10.2 Å². The van der Waals surface area contributed by atoms with Gasteiger partial charge >= 0.3 is 0 Å². The number of benzene rings is 1. The Kier molecular flexibility index (Phi) is 7.11. The van der Waals surface area contributed by atoms with Gasteiger partial charge in [-0.25, -0.2) is 0 Å². The van der Waals surface area contributed by atoms with Gasteiger partial charge in [-0.1, -0.05) is 41.7 Å². The summed E-state index contributed by atoms with van der Waals surface area (Å²) in [5.74, 6) is -0.548. The molecule has 28 heavy (non-hydrogen) atoms. The lowest BCUT2D eigenvalue weighted by molar-refractivity contribution is -0.130. The molecule has 1 aliphatic heterocycles. The summed E-state index contributed by atoms with van der Waals surface area (Å²) in [5, 5.41) is 12.5. The Morgan fingerprint density at radius 1 is 1.32 bits per heavy atom. The summed E-state index contributed by atoms with van der Waals surface area (Å²) in [6, 6.07) is 10.3. The summed E-state index contributed by atoms with van der Waals surface area (Å²) in [7, 11) is 1.61. The number of carbonyl (C=O) groups excluding carboxylic acids is 2. The second kappa shape index (κ2) is 9.75. The van der Waals surface area contributed by atoms with E-state index in [1.165, 1.54) is 16.9 Å². The molecule has 3 rings (SSSR count). The molecule has 1 saturated heterocycles. The molecule has 2 amide bonds. The first-order chi connectivity index (χ1) is 13.6. The molecule has 1 aromatic carbocycles. The summed E-state index contributed by atoms with van der Waals surface area (Å²) in [6.07, 6.45) is 3.02. The lowest BCUT2D eigenvalue weighted by atomic mass is 10.1. The van der Waals surface area contributed by atoms with Crippen LogP contribution in [0.5, 0.6) is 0 Å². The van der Waals surface area contributed by atoms with Crippen molar-refractivity contribution in [2.45, 2.75) is 38.6 Å². The lowest BCUT2D eigenvalue weighted by Crippen LogP contribution is -2.38. The fourth-order valence-electron chi connectivity index (χ4n) is 3.37. The Labute approximate surface area is 169 Å². The van der Waals surface area contributed by atoms with Crippen LogP contribution in [0.3, 0.4) is 0 Å². The number of rotatable bonds is 9. The van der Waals surface area contributed by atoms with Crippen LogP contribution in [0.2, 0.25) is 0 Å². The van der Waals surface area contributed by atoms with Crippen molar-refractivity contribution in [2.75, 3.05) is 25.6 Å². The summed E-state index contributed by atoms with van der Waals surface area (Å²) in [6.45, 7) is 2.80. The molecule has 2 atom stereocenters. The zero-order chi connectivity index (χ0) is 19.9. The van der Waals surface area contributed by atoms with Crippen molar-refractivity contribution >= 4 is 28.3 Å². The Bertz CT molecular complexity index is 796. The Hall–Kier alpha value is -2.32. The molecular weight excluding hydrogens is 376 g/mol. The van der Waals surface area contributed by atoms with Crippen LogP contribution in [0, 0.1) is 5.92 Å². The predicted molar refractivity (Wildman–Crippen MR) is 108 cm³/mol. The van der Waals surface area contributed by atoms with Gasteiger partial charge in [-0.05, 0) is 25.3 Å². The summed E-state index contributed by atoms with van der Waals surface area (Å²) >= 11 is 1.40. The first-order valence-electron chi connectivity index (χ1n) is 9.52. The first-order valence-corrected chi connectivity index (χ1v) is 10.3.